The first-order valence-electron chi connectivity index (χ1n) is 5.65. The van der Waals surface area contributed by atoms with Crippen LogP contribution >= 0.6 is 31.9 Å². The summed E-state index contributed by atoms with van der Waals surface area (Å²) in [6.07, 6.45) is 8.92. The van der Waals surface area contributed by atoms with E-state index >= 15 is 0 Å². The molecular formula is C11H20Br2Na2O3. The first-order chi connectivity index (χ1) is 7.65. The number of hydrogen-bond acceptors (Lipinski definition) is 3. The Morgan fingerprint density at radius 3 is 1.00 bits per heavy atom. The van der Waals surface area contributed by atoms with Gasteiger partial charge in [0.15, 0.2) is 0 Å². The van der Waals surface area contributed by atoms with Crippen LogP contribution in [-0.2, 0) is 0 Å². The average molecular weight is 406 g/mol. The summed E-state index contributed by atoms with van der Waals surface area (Å²) in [5.74, 6) is 0. The van der Waals surface area contributed by atoms with Crippen LogP contribution in [0.15, 0.2) is 0 Å². The van der Waals surface area contributed by atoms with Crippen LogP contribution in [0.4, 0.5) is 4.79 Å². The van der Waals surface area contributed by atoms with Gasteiger partial charge in [-0.2, -0.15) is 0 Å². The topological polar surface area (TPSA) is 63.2 Å². The van der Waals surface area contributed by atoms with E-state index in [9.17, 15) is 0 Å². The van der Waals surface area contributed by atoms with Gasteiger partial charge in [0, 0.05) is 10.7 Å². The standard InChI is InChI=1S/C10H20Br2.CH2O3.2Na/c11-9-7-5-3-1-2-4-6-8-10-12;2-1(3)4;;/h1-10H2;(H2,2,3,4);;/q;;2*+1/p-2. The van der Waals surface area contributed by atoms with E-state index in [0.29, 0.717) is 0 Å². The Labute approximate surface area is 172 Å². The largest absolute Gasteiger partial charge is 1.00 e. The summed E-state index contributed by atoms with van der Waals surface area (Å²) in [5.41, 5.74) is 0. The van der Waals surface area contributed by atoms with Crippen molar-refractivity contribution in [1.82, 2.24) is 0 Å². The van der Waals surface area contributed by atoms with Gasteiger partial charge in [-0.1, -0.05) is 70.4 Å². The Balaban J connectivity index is -0.000000143. The van der Waals surface area contributed by atoms with Gasteiger partial charge in [-0.25, -0.2) is 0 Å². The van der Waals surface area contributed by atoms with E-state index < -0.39 is 6.16 Å². The minimum Gasteiger partial charge on any atom is -0.652 e. The van der Waals surface area contributed by atoms with Gasteiger partial charge in [-0.05, 0) is 19.0 Å². The number of halogens is 2. The maximum atomic E-state index is 8.33. The molecule has 0 aromatic heterocycles. The molecule has 0 spiro atoms. The Bertz CT molecular complexity index is 138. The predicted octanol–water partition coefficient (Wildman–Crippen LogP) is -3.54. The van der Waals surface area contributed by atoms with Crippen molar-refractivity contribution in [3.8, 4) is 0 Å². The van der Waals surface area contributed by atoms with E-state index in [1.807, 2.05) is 0 Å². The molecule has 0 rings (SSSR count). The molecule has 0 aliphatic heterocycles. The fourth-order valence-electron chi connectivity index (χ4n) is 1.25. The molecule has 0 unspecified atom stereocenters. The summed E-state index contributed by atoms with van der Waals surface area (Å²) in [4.78, 5) is 8.33. The minimum absolute atomic E-state index is 0. The quantitative estimate of drug-likeness (QED) is 0.227. The smallest absolute Gasteiger partial charge is 0.652 e. The fraction of sp³-hybridized carbons (Fsp3) is 0.909. The summed E-state index contributed by atoms with van der Waals surface area (Å²) in [6.45, 7) is 0. The summed E-state index contributed by atoms with van der Waals surface area (Å²) in [6, 6.07) is 0. The zero-order chi connectivity index (χ0) is 12.6. The van der Waals surface area contributed by atoms with Crippen LogP contribution in [-0.4, -0.2) is 16.8 Å². The third-order valence-corrected chi connectivity index (χ3v) is 3.14. The normalized spacial score (nSPS) is 8.33. The number of alkyl halides is 2. The van der Waals surface area contributed by atoms with Gasteiger partial charge >= 0.3 is 59.1 Å². The Kier molecular flexibility index (Phi) is 43.5. The van der Waals surface area contributed by atoms with Crippen LogP contribution in [0.1, 0.15) is 51.4 Å². The monoisotopic (exact) mass is 404 g/mol. The molecule has 0 N–H and O–H groups in total. The molecular weight excluding hydrogens is 386 g/mol. The number of carbonyl (C=O) groups excluding carboxylic acids is 1. The van der Waals surface area contributed by atoms with Gasteiger partial charge in [0.1, 0.15) is 0 Å². The molecule has 18 heavy (non-hydrogen) atoms. The zero-order valence-corrected chi connectivity index (χ0v) is 18.7. The molecule has 0 aliphatic rings. The molecule has 3 nitrogen and oxygen atoms in total. The van der Waals surface area contributed by atoms with Gasteiger partial charge in [0.25, 0.3) is 0 Å². The van der Waals surface area contributed by atoms with Crippen molar-refractivity contribution in [1.29, 1.82) is 0 Å². The summed E-state index contributed by atoms with van der Waals surface area (Å²) in [7, 11) is 0. The van der Waals surface area contributed by atoms with E-state index in [-0.39, 0.29) is 59.1 Å². The molecule has 0 heterocycles. The second-order valence-corrected chi connectivity index (χ2v) is 5.04. The van der Waals surface area contributed by atoms with Crippen molar-refractivity contribution in [3.05, 3.63) is 0 Å². The third-order valence-electron chi connectivity index (χ3n) is 2.02. The molecule has 0 atom stereocenters. The van der Waals surface area contributed by atoms with Gasteiger partial charge < -0.3 is 15.0 Å². The number of hydrogen-bond donors (Lipinski definition) is 0. The second-order valence-electron chi connectivity index (χ2n) is 3.46. The molecule has 0 bridgehead atoms. The van der Waals surface area contributed by atoms with Crippen molar-refractivity contribution in [2.75, 3.05) is 10.7 Å². The number of carbonyl (C=O) groups is 1. The molecule has 0 saturated heterocycles. The number of rotatable bonds is 9. The maximum absolute atomic E-state index is 8.33. The maximum Gasteiger partial charge on any atom is 1.00 e. The van der Waals surface area contributed by atoms with E-state index in [2.05, 4.69) is 31.9 Å². The molecule has 0 radical (unpaired) electrons. The van der Waals surface area contributed by atoms with Gasteiger partial charge in [0.2, 0.25) is 0 Å². The van der Waals surface area contributed by atoms with E-state index in [1.165, 1.54) is 62.0 Å². The van der Waals surface area contributed by atoms with Gasteiger partial charge in [-0.3, -0.25) is 0 Å². The van der Waals surface area contributed by atoms with Crippen LogP contribution in [0, 0.1) is 0 Å². The van der Waals surface area contributed by atoms with Crippen LogP contribution < -0.4 is 69.3 Å². The molecule has 98 valence electrons. The first-order valence-corrected chi connectivity index (χ1v) is 7.89. The molecule has 0 aromatic rings. The molecule has 7 heteroatoms. The Morgan fingerprint density at radius 1 is 0.667 bits per heavy atom. The SMILES string of the molecule is BrCCCCCCCCCCBr.O=C([O-])[O-].[Na+].[Na+]. The van der Waals surface area contributed by atoms with E-state index in [4.69, 9.17) is 15.0 Å². The fourth-order valence-corrected chi connectivity index (χ4v) is 2.04. The summed E-state index contributed by atoms with van der Waals surface area (Å²) in [5, 5.41) is 19.0. The number of carboxylic acid groups (broad SMARTS) is 2. The van der Waals surface area contributed by atoms with Gasteiger partial charge in [-0.15, -0.1) is 0 Å². The summed E-state index contributed by atoms with van der Waals surface area (Å²) >= 11 is 6.90. The van der Waals surface area contributed by atoms with Crippen molar-refractivity contribution in [2.24, 2.45) is 0 Å². The van der Waals surface area contributed by atoms with E-state index in [1.54, 1.807) is 0 Å². The Hall–Kier alpha value is 2.23. The molecule has 0 amide bonds. The summed E-state index contributed by atoms with van der Waals surface area (Å²) < 4.78 is 0. The van der Waals surface area contributed by atoms with E-state index in [0.717, 1.165) is 0 Å². The van der Waals surface area contributed by atoms with Crippen molar-refractivity contribution in [3.63, 3.8) is 0 Å². The molecule has 0 aromatic carbocycles. The zero-order valence-electron chi connectivity index (χ0n) is 11.6. The molecule has 0 fully saturated rings. The molecule has 0 saturated carbocycles. The second kappa shape index (κ2) is 27.6. The van der Waals surface area contributed by atoms with Crippen molar-refractivity contribution in [2.45, 2.75) is 51.4 Å². The van der Waals surface area contributed by atoms with Crippen LogP contribution in [0.3, 0.4) is 0 Å². The van der Waals surface area contributed by atoms with Crippen LogP contribution in [0.2, 0.25) is 0 Å². The minimum atomic E-state index is -2.33. The number of unbranched alkanes of at least 4 members (excludes halogenated alkanes) is 7. The third kappa shape index (κ3) is 42.9. The van der Waals surface area contributed by atoms with Crippen molar-refractivity contribution < 1.29 is 74.1 Å². The molecule has 0 aliphatic carbocycles. The first kappa shape index (κ1) is 28.4. The van der Waals surface area contributed by atoms with Crippen molar-refractivity contribution >= 4 is 38.0 Å². The van der Waals surface area contributed by atoms with Crippen LogP contribution in [0.5, 0.6) is 0 Å². The predicted molar refractivity (Wildman–Crippen MR) is 69.9 cm³/mol. The Morgan fingerprint density at radius 2 is 0.833 bits per heavy atom. The average Bonchev–Trinajstić information content (AvgIpc) is 2.21. The van der Waals surface area contributed by atoms with Crippen LogP contribution in [0.25, 0.3) is 0 Å². The van der Waals surface area contributed by atoms with Gasteiger partial charge in [0.05, 0.1) is 0 Å².